The van der Waals surface area contributed by atoms with Crippen LogP contribution in [0.2, 0.25) is 0 Å². The van der Waals surface area contributed by atoms with E-state index in [0.29, 0.717) is 24.4 Å². The maximum Gasteiger partial charge on any atom is 0.251 e. The molecule has 126 valence electrons. The third-order valence-corrected chi connectivity index (χ3v) is 4.19. The van der Waals surface area contributed by atoms with Crippen LogP contribution in [0, 0.1) is 13.8 Å². The fourth-order valence-corrected chi connectivity index (χ4v) is 2.85. The Balaban J connectivity index is 1.68. The molecule has 0 bridgehead atoms. The molecule has 1 aromatic carbocycles. The fourth-order valence-electron chi connectivity index (χ4n) is 2.85. The van der Waals surface area contributed by atoms with Gasteiger partial charge in [-0.05, 0) is 45.0 Å². The van der Waals surface area contributed by atoms with Crippen LogP contribution in [0.3, 0.4) is 0 Å². The normalized spacial score (nSPS) is 20.1. The minimum absolute atomic E-state index is 0.191. The molecule has 1 atom stereocenters. The Labute approximate surface area is 141 Å². The van der Waals surface area contributed by atoms with E-state index in [1.807, 2.05) is 32.0 Å². The largest absolute Gasteiger partial charge is 0.387 e. The van der Waals surface area contributed by atoms with Gasteiger partial charge >= 0.3 is 0 Å². The molecule has 2 heterocycles. The number of β-amino-alcohol motifs (C(OH)–C–C–N with tert-alkyl or cyclic N) is 1. The van der Waals surface area contributed by atoms with Crippen LogP contribution in [0.1, 0.15) is 28.2 Å². The maximum atomic E-state index is 12.2. The second kappa shape index (κ2) is 6.67. The molecule has 6 nitrogen and oxygen atoms in total. The van der Waals surface area contributed by atoms with Crippen LogP contribution in [0.4, 0.5) is 0 Å². The SMILES string of the molecule is Cc1cc(C)nc(-c2ccc(C(=O)NC[C@]3(O)CCNC3)cc2)n1. The highest BCUT2D eigenvalue weighted by Crippen LogP contribution is 2.17. The third kappa shape index (κ3) is 3.77. The van der Waals surface area contributed by atoms with Crippen molar-refractivity contribution in [2.75, 3.05) is 19.6 Å². The van der Waals surface area contributed by atoms with E-state index in [-0.39, 0.29) is 12.5 Å². The van der Waals surface area contributed by atoms with E-state index in [1.165, 1.54) is 0 Å². The van der Waals surface area contributed by atoms with Crippen LogP contribution >= 0.6 is 0 Å². The molecule has 1 aromatic heterocycles. The summed E-state index contributed by atoms with van der Waals surface area (Å²) in [6.07, 6.45) is 0.649. The molecule has 1 fully saturated rings. The number of aromatic nitrogens is 2. The minimum Gasteiger partial charge on any atom is -0.387 e. The summed E-state index contributed by atoms with van der Waals surface area (Å²) in [5, 5.41) is 16.1. The van der Waals surface area contributed by atoms with Crippen molar-refractivity contribution in [1.29, 1.82) is 0 Å². The highest BCUT2D eigenvalue weighted by Gasteiger charge is 2.31. The molecule has 1 aliphatic rings. The van der Waals surface area contributed by atoms with Crippen molar-refractivity contribution >= 4 is 5.91 Å². The summed E-state index contributed by atoms with van der Waals surface area (Å²) < 4.78 is 0. The van der Waals surface area contributed by atoms with Gasteiger partial charge in [0.1, 0.15) is 0 Å². The van der Waals surface area contributed by atoms with Crippen LogP contribution in [-0.2, 0) is 0 Å². The van der Waals surface area contributed by atoms with Gasteiger partial charge < -0.3 is 15.7 Å². The van der Waals surface area contributed by atoms with E-state index >= 15 is 0 Å². The number of aryl methyl sites for hydroxylation is 2. The summed E-state index contributed by atoms with van der Waals surface area (Å²) in [4.78, 5) is 21.1. The Bertz CT molecular complexity index is 717. The van der Waals surface area contributed by atoms with Crippen LogP contribution < -0.4 is 10.6 Å². The van der Waals surface area contributed by atoms with Gasteiger partial charge in [-0.25, -0.2) is 9.97 Å². The van der Waals surface area contributed by atoms with Gasteiger partial charge in [-0.3, -0.25) is 4.79 Å². The molecule has 0 spiro atoms. The van der Waals surface area contributed by atoms with Gasteiger partial charge in [-0.1, -0.05) is 12.1 Å². The molecule has 1 saturated heterocycles. The van der Waals surface area contributed by atoms with Crippen molar-refractivity contribution in [3.05, 3.63) is 47.3 Å². The first-order valence-corrected chi connectivity index (χ1v) is 8.09. The first-order valence-electron chi connectivity index (χ1n) is 8.09. The monoisotopic (exact) mass is 326 g/mol. The van der Waals surface area contributed by atoms with Gasteiger partial charge in [0.25, 0.3) is 5.91 Å². The van der Waals surface area contributed by atoms with E-state index in [1.54, 1.807) is 12.1 Å². The van der Waals surface area contributed by atoms with Crippen LogP contribution in [0.25, 0.3) is 11.4 Å². The lowest BCUT2D eigenvalue weighted by atomic mass is 10.0. The smallest absolute Gasteiger partial charge is 0.251 e. The summed E-state index contributed by atoms with van der Waals surface area (Å²) in [6, 6.07) is 9.11. The summed E-state index contributed by atoms with van der Waals surface area (Å²) in [7, 11) is 0. The predicted molar refractivity (Wildman–Crippen MR) is 91.7 cm³/mol. The number of nitrogens with zero attached hydrogens (tertiary/aromatic N) is 2. The second-order valence-electron chi connectivity index (χ2n) is 6.39. The highest BCUT2D eigenvalue weighted by atomic mass is 16.3. The van der Waals surface area contributed by atoms with E-state index in [0.717, 1.165) is 23.5 Å². The number of hydrogen-bond acceptors (Lipinski definition) is 5. The Kier molecular flexibility index (Phi) is 4.59. The number of amides is 1. The van der Waals surface area contributed by atoms with Gasteiger partial charge in [0.2, 0.25) is 0 Å². The summed E-state index contributed by atoms with van der Waals surface area (Å²) in [5.41, 5.74) is 2.41. The number of benzene rings is 1. The molecular weight excluding hydrogens is 304 g/mol. The highest BCUT2D eigenvalue weighted by molar-refractivity contribution is 5.94. The molecule has 0 unspecified atom stereocenters. The van der Waals surface area contributed by atoms with Crippen molar-refractivity contribution in [3.63, 3.8) is 0 Å². The van der Waals surface area contributed by atoms with E-state index in [9.17, 15) is 9.90 Å². The summed E-state index contributed by atoms with van der Waals surface area (Å²) in [5.74, 6) is 0.467. The minimum atomic E-state index is -0.845. The molecule has 24 heavy (non-hydrogen) atoms. The molecule has 2 aromatic rings. The molecule has 0 radical (unpaired) electrons. The average Bonchev–Trinajstić information content (AvgIpc) is 2.99. The van der Waals surface area contributed by atoms with Crippen molar-refractivity contribution in [1.82, 2.24) is 20.6 Å². The lowest BCUT2D eigenvalue weighted by molar-refractivity contribution is 0.0562. The number of carbonyl (C=O) groups is 1. The zero-order valence-corrected chi connectivity index (χ0v) is 14.0. The number of nitrogens with one attached hydrogen (secondary N) is 2. The number of carbonyl (C=O) groups excluding carboxylic acids is 1. The van der Waals surface area contributed by atoms with Gasteiger partial charge in [-0.2, -0.15) is 0 Å². The van der Waals surface area contributed by atoms with Gasteiger partial charge in [0.05, 0.1) is 5.60 Å². The number of hydrogen-bond donors (Lipinski definition) is 3. The molecule has 3 rings (SSSR count). The first-order chi connectivity index (χ1) is 11.5. The van der Waals surface area contributed by atoms with Crippen molar-refractivity contribution in [3.8, 4) is 11.4 Å². The number of rotatable bonds is 4. The molecule has 3 N–H and O–H groups in total. The van der Waals surface area contributed by atoms with Gasteiger partial charge in [-0.15, -0.1) is 0 Å². The molecular formula is C18H22N4O2. The van der Waals surface area contributed by atoms with Crippen molar-refractivity contribution in [2.45, 2.75) is 25.9 Å². The Morgan fingerprint density at radius 3 is 2.50 bits per heavy atom. The van der Waals surface area contributed by atoms with Gasteiger partial charge in [0, 0.05) is 35.6 Å². The molecule has 1 amide bonds. The standard InChI is InChI=1S/C18H22N4O2/c1-12-9-13(2)22-16(21-12)14-3-5-15(6-4-14)17(23)20-11-18(24)7-8-19-10-18/h3-6,9,19,24H,7-8,10-11H2,1-2H3,(H,20,23)/t18-/m0/s1. The first kappa shape index (κ1) is 16.5. The second-order valence-corrected chi connectivity index (χ2v) is 6.39. The molecule has 1 aliphatic heterocycles. The molecule has 0 saturated carbocycles. The molecule has 6 heteroatoms. The van der Waals surface area contributed by atoms with E-state index in [4.69, 9.17) is 0 Å². The maximum absolute atomic E-state index is 12.2. The van der Waals surface area contributed by atoms with Crippen molar-refractivity contribution in [2.24, 2.45) is 0 Å². The van der Waals surface area contributed by atoms with Crippen LogP contribution in [-0.4, -0.2) is 46.2 Å². The van der Waals surface area contributed by atoms with Crippen LogP contribution in [0.5, 0.6) is 0 Å². The Morgan fingerprint density at radius 2 is 1.92 bits per heavy atom. The Morgan fingerprint density at radius 1 is 1.25 bits per heavy atom. The lowest BCUT2D eigenvalue weighted by Gasteiger charge is -2.21. The molecule has 0 aliphatic carbocycles. The topological polar surface area (TPSA) is 87.1 Å². The zero-order chi connectivity index (χ0) is 17.2. The fraction of sp³-hybridized carbons (Fsp3) is 0.389. The summed E-state index contributed by atoms with van der Waals surface area (Å²) in [6.45, 7) is 5.40. The zero-order valence-electron chi connectivity index (χ0n) is 14.0. The van der Waals surface area contributed by atoms with Crippen molar-refractivity contribution < 1.29 is 9.90 Å². The summed E-state index contributed by atoms with van der Waals surface area (Å²) >= 11 is 0. The Hall–Kier alpha value is -2.31. The predicted octanol–water partition coefficient (Wildman–Crippen LogP) is 1.21. The third-order valence-electron chi connectivity index (χ3n) is 4.19. The van der Waals surface area contributed by atoms with E-state index < -0.39 is 5.60 Å². The quantitative estimate of drug-likeness (QED) is 0.786. The van der Waals surface area contributed by atoms with E-state index in [2.05, 4.69) is 20.6 Å². The lowest BCUT2D eigenvalue weighted by Crippen LogP contribution is -2.44. The number of aliphatic hydroxyl groups is 1. The van der Waals surface area contributed by atoms with Gasteiger partial charge in [0.15, 0.2) is 5.82 Å². The average molecular weight is 326 g/mol. The van der Waals surface area contributed by atoms with Crippen LogP contribution in [0.15, 0.2) is 30.3 Å².